The van der Waals surface area contributed by atoms with Gasteiger partial charge in [0.2, 0.25) is 0 Å². The molecule has 1 saturated heterocycles. The van der Waals surface area contributed by atoms with Crippen LogP contribution in [0.15, 0.2) is 55.0 Å². The number of halogens is 4. The van der Waals surface area contributed by atoms with E-state index < -0.39 is 28.0 Å². The summed E-state index contributed by atoms with van der Waals surface area (Å²) in [6, 6.07) is 10.1. The quantitative estimate of drug-likeness (QED) is 0.498. The zero-order valence-corrected chi connectivity index (χ0v) is 20.9. The number of imidazole rings is 1. The molecule has 2 aliphatic carbocycles. The number of aromatic nitrogens is 2. The van der Waals surface area contributed by atoms with E-state index in [-0.39, 0.29) is 24.2 Å². The molecule has 4 atom stereocenters. The molecule has 3 aliphatic rings. The minimum atomic E-state index is -4.64. The highest BCUT2D eigenvalue weighted by Gasteiger charge is 2.62. The van der Waals surface area contributed by atoms with Gasteiger partial charge in [-0.2, -0.15) is 30.6 Å². The molecule has 11 heteroatoms. The monoisotopic (exact) mass is 534 g/mol. The summed E-state index contributed by atoms with van der Waals surface area (Å²) in [5.41, 5.74) is 3.66. The summed E-state index contributed by atoms with van der Waals surface area (Å²) < 4.78 is 84.6. The number of hydrogen-bond donors (Lipinski definition) is 1. The van der Waals surface area contributed by atoms with Gasteiger partial charge < -0.3 is 4.57 Å². The third-order valence-corrected chi connectivity index (χ3v) is 10.1. The maximum atomic E-state index is 13.5. The average Bonchev–Trinajstić information content (AvgIpc) is 3.48. The summed E-state index contributed by atoms with van der Waals surface area (Å²) in [5.74, 6) is -0.504. The summed E-state index contributed by atoms with van der Waals surface area (Å²) in [6.07, 6.45) is 1.59. The fraction of sp³-hybridized carbons (Fsp3) is 0.423. The van der Waals surface area contributed by atoms with Gasteiger partial charge in [0, 0.05) is 24.0 Å². The standard InChI is InChI=1S/C26H26F4N4O2S/c1-16(26(28,29)30)34-14-25(32-37(34,35)36)20-4-5-21(25)12-19-10-18(3-2-17(19)11-20)24-13-33(15-31-24)23-8-6-22(27)7-9-23/h2-3,6-10,13,15-16,20-21,32H,4-5,11-12,14H2,1H3/t16?,20-,21+,25+/m0/s1. The highest BCUT2D eigenvalue weighted by atomic mass is 32.2. The van der Waals surface area contributed by atoms with Gasteiger partial charge >= 0.3 is 6.18 Å². The van der Waals surface area contributed by atoms with Crippen LogP contribution in [0, 0.1) is 17.7 Å². The Hall–Kier alpha value is -2.76. The summed E-state index contributed by atoms with van der Waals surface area (Å²) >= 11 is 0. The molecule has 1 aromatic heterocycles. The zero-order valence-electron chi connectivity index (χ0n) is 20.0. The summed E-state index contributed by atoms with van der Waals surface area (Å²) in [6.45, 7) is 0.733. The van der Waals surface area contributed by atoms with Gasteiger partial charge in [-0.15, -0.1) is 0 Å². The molecule has 1 aliphatic heterocycles. The molecule has 3 aromatic rings. The van der Waals surface area contributed by atoms with Gasteiger partial charge in [-0.1, -0.05) is 12.1 Å². The molecule has 2 fully saturated rings. The number of hydrogen-bond acceptors (Lipinski definition) is 3. The first-order valence-corrected chi connectivity index (χ1v) is 13.7. The highest BCUT2D eigenvalue weighted by Crippen LogP contribution is 2.51. The second-order valence-corrected chi connectivity index (χ2v) is 12.0. The first kappa shape index (κ1) is 24.6. The number of benzene rings is 2. The smallest absolute Gasteiger partial charge is 0.306 e. The third kappa shape index (κ3) is 4.07. The Labute approximate surface area is 212 Å². The van der Waals surface area contributed by atoms with Crippen molar-refractivity contribution in [2.45, 2.75) is 50.4 Å². The molecule has 1 unspecified atom stereocenters. The molecular formula is C26H26F4N4O2S. The van der Waals surface area contributed by atoms with Crippen LogP contribution in [-0.2, 0) is 23.1 Å². The molecule has 2 aromatic carbocycles. The molecule has 6 nitrogen and oxygen atoms in total. The molecule has 2 bridgehead atoms. The zero-order chi connectivity index (χ0) is 26.2. The summed E-state index contributed by atoms with van der Waals surface area (Å²) in [4.78, 5) is 4.51. The number of rotatable bonds is 3. The van der Waals surface area contributed by atoms with E-state index in [0.29, 0.717) is 17.1 Å². The molecule has 6 rings (SSSR count). The summed E-state index contributed by atoms with van der Waals surface area (Å²) in [5, 5.41) is 0. The van der Waals surface area contributed by atoms with Crippen LogP contribution < -0.4 is 4.72 Å². The Kier molecular flexibility index (Phi) is 5.56. The first-order valence-electron chi connectivity index (χ1n) is 12.3. The number of alkyl halides is 3. The molecular weight excluding hydrogens is 508 g/mol. The Bertz CT molecular complexity index is 1450. The molecule has 1 saturated carbocycles. The van der Waals surface area contributed by atoms with Crippen LogP contribution in [0.1, 0.15) is 30.9 Å². The van der Waals surface area contributed by atoms with Crippen molar-refractivity contribution in [1.82, 2.24) is 18.6 Å². The van der Waals surface area contributed by atoms with Crippen LogP contribution in [0.5, 0.6) is 0 Å². The van der Waals surface area contributed by atoms with Gasteiger partial charge in [0.05, 0.1) is 17.6 Å². The van der Waals surface area contributed by atoms with E-state index >= 15 is 0 Å². The highest BCUT2D eigenvalue weighted by molar-refractivity contribution is 7.87. The van der Waals surface area contributed by atoms with Gasteiger partial charge in [0.1, 0.15) is 11.9 Å². The fourth-order valence-electron chi connectivity index (χ4n) is 6.36. The minimum Gasteiger partial charge on any atom is -0.306 e. The topological polar surface area (TPSA) is 67.2 Å². The molecule has 0 amide bonds. The SMILES string of the molecule is CC(N1C[C@]2(NS1(=O)=O)[C@@H]1CC[C@H]2Cc2ccc(-c3cn(-c4ccc(F)cc4)cn3)cc2C1)C(F)(F)F. The second kappa shape index (κ2) is 8.37. The van der Waals surface area contributed by atoms with Crippen molar-refractivity contribution in [1.29, 1.82) is 0 Å². The van der Waals surface area contributed by atoms with Gasteiger partial charge in [-0.3, -0.25) is 0 Å². The van der Waals surface area contributed by atoms with Crippen molar-refractivity contribution >= 4 is 10.2 Å². The van der Waals surface area contributed by atoms with Crippen molar-refractivity contribution in [3.63, 3.8) is 0 Å². The minimum absolute atomic E-state index is 0.0810. The van der Waals surface area contributed by atoms with Crippen LogP contribution >= 0.6 is 0 Å². The lowest BCUT2D eigenvalue weighted by Crippen LogP contribution is -2.52. The summed E-state index contributed by atoms with van der Waals surface area (Å²) in [7, 11) is -4.26. The second-order valence-electron chi connectivity index (χ2n) is 10.4. The normalized spacial score (nSPS) is 27.8. The Morgan fingerprint density at radius 1 is 1.05 bits per heavy atom. The van der Waals surface area contributed by atoms with E-state index in [9.17, 15) is 26.0 Å². The van der Waals surface area contributed by atoms with Gasteiger partial charge in [-0.25, -0.2) is 9.37 Å². The molecule has 37 heavy (non-hydrogen) atoms. The van der Waals surface area contributed by atoms with Crippen molar-refractivity contribution in [3.05, 3.63) is 71.9 Å². The molecule has 0 radical (unpaired) electrons. The van der Waals surface area contributed by atoms with Crippen molar-refractivity contribution < 1.29 is 26.0 Å². The van der Waals surface area contributed by atoms with Crippen molar-refractivity contribution in [3.8, 4) is 16.9 Å². The van der Waals surface area contributed by atoms with E-state index in [0.717, 1.165) is 47.8 Å². The Morgan fingerprint density at radius 2 is 1.73 bits per heavy atom. The Morgan fingerprint density at radius 3 is 2.41 bits per heavy atom. The predicted octanol–water partition coefficient (Wildman–Crippen LogP) is 4.64. The van der Waals surface area contributed by atoms with Crippen LogP contribution in [-0.4, -0.2) is 46.6 Å². The average molecular weight is 535 g/mol. The molecule has 196 valence electrons. The van der Waals surface area contributed by atoms with Crippen molar-refractivity contribution in [2.24, 2.45) is 11.8 Å². The van der Waals surface area contributed by atoms with Gasteiger partial charge in [-0.05, 0) is 85.9 Å². The van der Waals surface area contributed by atoms with E-state index in [1.54, 1.807) is 23.0 Å². The van der Waals surface area contributed by atoms with E-state index in [1.165, 1.54) is 12.1 Å². The van der Waals surface area contributed by atoms with Crippen LogP contribution in [0.2, 0.25) is 0 Å². The van der Waals surface area contributed by atoms with Crippen LogP contribution in [0.3, 0.4) is 0 Å². The first-order chi connectivity index (χ1) is 17.5. The van der Waals surface area contributed by atoms with Gasteiger partial charge in [0.25, 0.3) is 10.2 Å². The lowest BCUT2D eigenvalue weighted by molar-refractivity contribution is -0.166. The fourth-order valence-corrected chi connectivity index (χ4v) is 8.27. The van der Waals surface area contributed by atoms with E-state index in [1.807, 2.05) is 18.3 Å². The Balaban J connectivity index is 1.30. The molecule has 1 spiro atoms. The van der Waals surface area contributed by atoms with Crippen molar-refractivity contribution in [2.75, 3.05) is 6.54 Å². The number of nitrogens with zero attached hydrogens (tertiary/aromatic N) is 3. The molecule has 2 heterocycles. The van der Waals surface area contributed by atoms with Gasteiger partial charge in [0.15, 0.2) is 0 Å². The lowest BCUT2D eigenvalue weighted by Gasteiger charge is -2.34. The van der Waals surface area contributed by atoms with E-state index in [2.05, 4.69) is 15.8 Å². The number of nitrogens with one attached hydrogen (secondary N) is 1. The van der Waals surface area contributed by atoms with Crippen LogP contribution in [0.4, 0.5) is 17.6 Å². The molecule has 1 N–H and O–H groups in total. The maximum absolute atomic E-state index is 13.5. The largest absolute Gasteiger partial charge is 0.404 e. The third-order valence-electron chi connectivity index (χ3n) is 8.41. The lowest BCUT2D eigenvalue weighted by atomic mass is 9.79. The number of fused-ring (bicyclic) bond motifs is 1. The predicted molar refractivity (Wildman–Crippen MR) is 130 cm³/mol. The van der Waals surface area contributed by atoms with E-state index in [4.69, 9.17) is 0 Å². The van der Waals surface area contributed by atoms with Crippen LogP contribution in [0.25, 0.3) is 16.9 Å². The maximum Gasteiger partial charge on any atom is 0.404 e.